The van der Waals surface area contributed by atoms with Crippen molar-refractivity contribution in [3.05, 3.63) is 21.5 Å². The average molecular weight is 178 g/mol. The molecule has 0 unspecified atom stereocenters. The number of hydrogen-bond donors (Lipinski definition) is 0. The van der Waals surface area contributed by atoms with E-state index in [1.807, 2.05) is 0 Å². The first-order valence-corrected chi connectivity index (χ1v) is 3.00. The molecule has 1 heterocycles. The fraction of sp³-hybridized carbons (Fsp3) is 0. The van der Waals surface area contributed by atoms with Crippen LogP contribution in [-0.2, 0) is 0 Å². The topological polar surface area (TPSA) is 55.2 Å². The van der Waals surface area contributed by atoms with Gasteiger partial charge >= 0.3 is 0 Å². The van der Waals surface area contributed by atoms with Crippen LogP contribution in [0.1, 0.15) is 0 Å². The van der Waals surface area contributed by atoms with E-state index >= 15 is 0 Å². The molecule has 0 bridgehead atoms. The summed E-state index contributed by atoms with van der Waals surface area (Å²) in [5.74, 6) is 0. The van der Waals surface area contributed by atoms with Crippen molar-refractivity contribution in [2.75, 3.05) is 0 Å². The Morgan fingerprint density at radius 1 is 1.30 bits per heavy atom. The highest BCUT2D eigenvalue weighted by molar-refractivity contribution is 6.37. The second-order valence-electron chi connectivity index (χ2n) is 1.40. The summed E-state index contributed by atoms with van der Waals surface area (Å²) in [4.78, 5) is 16.9. The minimum Gasteiger partial charge on any atom is -0.222 e. The lowest BCUT2D eigenvalue weighted by Crippen LogP contribution is -1.80. The Hall–Kier alpha value is -0.740. The van der Waals surface area contributed by atoms with Crippen LogP contribution in [0.2, 0.25) is 10.3 Å². The minimum absolute atomic E-state index is 0.0324. The van der Waals surface area contributed by atoms with E-state index in [1.165, 1.54) is 0 Å². The van der Waals surface area contributed by atoms with Gasteiger partial charge in [0.15, 0.2) is 16.0 Å². The van der Waals surface area contributed by atoms with E-state index in [0.29, 0.717) is 0 Å². The van der Waals surface area contributed by atoms with Crippen molar-refractivity contribution >= 4 is 28.9 Å². The Morgan fingerprint density at radius 3 is 2.10 bits per heavy atom. The molecule has 0 amide bonds. The molecule has 0 saturated carbocycles. The maximum absolute atomic E-state index is 9.95. The predicted molar refractivity (Wildman–Crippen MR) is 37.5 cm³/mol. The van der Waals surface area contributed by atoms with Crippen molar-refractivity contribution in [3.8, 4) is 0 Å². The lowest BCUT2D eigenvalue weighted by molar-refractivity contribution is 1.16. The third-order valence-electron chi connectivity index (χ3n) is 0.824. The van der Waals surface area contributed by atoms with Crippen LogP contribution in [0.25, 0.3) is 0 Å². The van der Waals surface area contributed by atoms with Gasteiger partial charge in [0.1, 0.15) is 6.33 Å². The Morgan fingerprint density at radius 2 is 1.80 bits per heavy atom. The maximum Gasteiger partial charge on any atom is 0.182 e. The zero-order chi connectivity index (χ0) is 7.56. The van der Waals surface area contributed by atoms with Gasteiger partial charge in [-0.05, 0) is 5.18 Å². The standard InChI is InChI=1S/C4HCl2N3O/c5-3-2(9-10)4(6)8-1-7-3/h1H. The van der Waals surface area contributed by atoms with E-state index in [1.54, 1.807) is 0 Å². The first kappa shape index (κ1) is 7.37. The SMILES string of the molecule is O=Nc1c(Cl)ncnc1Cl. The van der Waals surface area contributed by atoms with Crippen molar-refractivity contribution in [1.29, 1.82) is 0 Å². The molecule has 0 N–H and O–H groups in total. The number of nitroso groups, excluding NO2 is 1. The summed E-state index contributed by atoms with van der Waals surface area (Å²) < 4.78 is 0. The van der Waals surface area contributed by atoms with Gasteiger partial charge in [0.05, 0.1) is 0 Å². The molecule has 0 aromatic carbocycles. The van der Waals surface area contributed by atoms with Gasteiger partial charge < -0.3 is 0 Å². The number of aromatic nitrogens is 2. The molecule has 0 fully saturated rings. The smallest absolute Gasteiger partial charge is 0.182 e. The summed E-state index contributed by atoms with van der Waals surface area (Å²) in [5, 5.41) is 2.47. The van der Waals surface area contributed by atoms with Gasteiger partial charge in [-0.2, -0.15) is 0 Å². The van der Waals surface area contributed by atoms with Crippen LogP contribution >= 0.6 is 23.2 Å². The first-order chi connectivity index (χ1) is 4.75. The number of nitrogens with zero attached hydrogens (tertiary/aromatic N) is 3. The number of halogens is 2. The van der Waals surface area contributed by atoms with Crippen LogP contribution in [0.3, 0.4) is 0 Å². The second kappa shape index (κ2) is 2.90. The third kappa shape index (κ3) is 1.22. The molecule has 10 heavy (non-hydrogen) atoms. The van der Waals surface area contributed by atoms with Crippen molar-refractivity contribution in [1.82, 2.24) is 9.97 Å². The monoisotopic (exact) mass is 177 g/mol. The molecule has 6 heteroatoms. The normalized spacial score (nSPS) is 9.40. The summed E-state index contributed by atoms with van der Waals surface area (Å²) >= 11 is 10.8. The van der Waals surface area contributed by atoms with Crippen LogP contribution in [-0.4, -0.2) is 9.97 Å². The molecular formula is C4HCl2N3O. The van der Waals surface area contributed by atoms with Crippen LogP contribution in [0, 0.1) is 4.91 Å². The third-order valence-corrected chi connectivity index (χ3v) is 1.38. The van der Waals surface area contributed by atoms with Crippen LogP contribution in [0.5, 0.6) is 0 Å². The van der Waals surface area contributed by atoms with Gasteiger partial charge in [-0.15, -0.1) is 4.91 Å². The van der Waals surface area contributed by atoms with Crippen LogP contribution in [0.15, 0.2) is 11.5 Å². The van der Waals surface area contributed by atoms with Gasteiger partial charge in [0.25, 0.3) is 0 Å². The van der Waals surface area contributed by atoms with Gasteiger partial charge in [0.2, 0.25) is 0 Å². The highest BCUT2D eigenvalue weighted by Crippen LogP contribution is 2.27. The van der Waals surface area contributed by atoms with E-state index in [-0.39, 0.29) is 16.0 Å². The Bertz CT molecular complexity index is 244. The lowest BCUT2D eigenvalue weighted by atomic mass is 10.6. The van der Waals surface area contributed by atoms with Crippen molar-refractivity contribution in [3.63, 3.8) is 0 Å². The molecule has 0 aliphatic heterocycles. The van der Waals surface area contributed by atoms with E-state index in [4.69, 9.17) is 23.2 Å². The zero-order valence-corrected chi connectivity index (χ0v) is 6.10. The summed E-state index contributed by atoms with van der Waals surface area (Å²) in [6.07, 6.45) is 1.15. The fourth-order valence-corrected chi connectivity index (χ4v) is 0.797. The van der Waals surface area contributed by atoms with E-state index in [2.05, 4.69) is 15.1 Å². The molecule has 1 aromatic heterocycles. The number of rotatable bonds is 1. The van der Waals surface area contributed by atoms with Gasteiger partial charge in [0, 0.05) is 0 Å². The Labute approximate surface area is 66.2 Å². The molecule has 0 aliphatic carbocycles. The molecule has 0 saturated heterocycles. The van der Waals surface area contributed by atoms with E-state index in [9.17, 15) is 4.91 Å². The molecular weight excluding hydrogens is 177 g/mol. The lowest BCUT2D eigenvalue weighted by Gasteiger charge is -1.92. The molecule has 52 valence electrons. The molecule has 0 spiro atoms. The summed E-state index contributed by atoms with van der Waals surface area (Å²) in [6.45, 7) is 0. The summed E-state index contributed by atoms with van der Waals surface area (Å²) in [7, 11) is 0. The highest BCUT2D eigenvalue weighted by Gasteiger charge is 2.06. The quantitative estimate of drug-likeness (QED) is 0.489. The van der Waals surface area contributed by atoms with Crippen LogP contribution < -0.4 is 0 Å². The number of hydrogen-bond acceptors (Lipinski definition) is 4. The van der Waals surface area contributed by atoms with Crippen molar-refractivity contribution in [2.24, 2.45) is 5.18 Å². The van der Waals surface area contributed by atoms with Gasteiger partial charge in [-0.3, -0.25) is 0 Å². The molecule has 0 radical (unpaired) electrons. The summed E-state index contributed by atoms with van der Waals surface area (Å²) in [5.41, 5.74) is -0.120. The maximum atomic E-state index is 9.95. The fourth-order valence-electron chi connectivity index (χ4n) is 0.413. The Kier molecular flexibility index (Phi) is 2.13. The molecule has 1 rings (SSSR count). The largest absolute Gasteiger partial charge is 0.222 e. The molecule has 1 aromatic rings. The van der Waals surface area contributed by atoms with E-state index in [0.717, 1.165) is 6.33 Å². The first-order valence-electron chi connectivity index (χ1n) is 2.25. The Balaban J connectivity index is 3.30. The minimum atomic E-state index is -0.120. The zero-order valence-electron chi connectivity index (χ0n) is 4.58. The molecule has 0 atom stereocenters. The average Bonchev–Trinajstić information content (AvgIpc) is 1.88. The second-order valence-corrected chi connectivity index (χ2v) is 2.11. The molecule has 0 aliphatic rings. The van der Waals surface area contributed by atoms with Gasteiger partial charge in [-0.1, -0.05) is 23.2 Å². The molecule has 4 nitrogen and oxygen atoms in total. The summed E-state index contributed by atoms with van der Waals surface area (Å²) in [6, 6.07) is 0. The van der Waals surface area contributed by atoms with Crippen molar-refractivity contribution in [2.45, 2.75) is 0 Å². The van der Waals surface area contributed by atoms with Crippen molar-refractivity contribution < 1.29 is 0 Å². The predicted octanol–water partition coefficient (Wildman–Crippen LogP) is 2.18. The highest BCUT2D eigenvalue weighted by atomic mass is 35.5. The van der Waals surface area contributed by atoms with Gasteiger partial charge in [-0.25, -0.2) is 9.97 Å². The van der Waals surface area contributed by atoms with Crippen LogP contribution in [0.4, 0.5) is 5.69 Å². The van der Waals surface area contributed by atoms with E-state index < -0.39 is 0 Å².